The summed E-state index contributed by atoms with van der Waals surface area (Å²) in [6.07, 6.45) is 6.75. The van der Waals surface area contributed by atoms with E-state index in [1.807, 2.05) is 11.8 Å². The summed E-state index contributed by atoms with van der Waals surface area (Å²) in [5.41, 5.74) is 0.945. The van der Waals surface area contributed by atoms with Gasteiger partial charge in [0, 0.05) is 11.0 Å². The van der Waals surface area contributed by atoms with E-state index in [1.165, 1.54) is 19.3 Å². The van der Waals surface area contributed by atoms with Crippen molar-refractivity contribution < 1.29 is 9.53 Å². The van der Waals surface area contributed by atoms with E-state index in [0.29, 0.717) is 23.9 Å². The molecule has 2 bridgehead atoms. The maximum Gasteiger partial charge on any atom is 0.306 e. The summed E-state index contributed by atoms with van der Waals surface area (Å²) < 4.78 is 5.22. The van der Waals surface area contributed by atoms with E-state index in [1.54, 1.807) is 0 Å². The maximum atomic E-state index is 11.6. The van der Waals surface area contributed by atoms with Crippen molar-refractivity contribution in [2.75, 3.05) is 12.4 Å². The molecule has 0 radical (unpaired) electrons. The normalized spacial score (nSPS) is 34.4. The highest BCUT2D eigenvalue weighted by molar-refractivity contribution is 7.99. The van der Waals surface area contributed by atoms with Gasteiger partial charge in [0.2, 0.25) is 0 Å². The molecule has 20 heavy (non-hydrogen) atoms. The topological polar surface area (TPSA) is 26.3 Å². The van der Waals surface area contributed by atoms with Gasteiger partial charge in [0.25, 0.3) is 0 Å². The summed E-state index contributed by atoms with van der Waals surface area (Å²) in [6.45, 7) is 10.1. The van der Waals surface area contributed by atoms with Crippen LogP contribution < -0.4 is 0 Å². The smallest absolute Gasteiger partial charge is 0.306 e. The quantitative estimate of drug-likeness (QED) is 0.505. The maximum absolute atomic E-state index is 11.6. The predicted octanol–water partition coefficient (Wildman–Crippen LogP) is 4.67. The second-order valence-electron chi connectivity index (χ2n) is 7.29. The number of esters is 1. The average molecular weight is 298 g/mol. The Morgan fingerprint density at radius 2 is 2.10 bits per heavy atom. The molecule has 2 rings (SSSR count). The standard InChI is InChI=1S/C17H30O2S/c1-5-6-10-19-15(18)8-11-20-14-12-13-7-9-17(14,4)16(13,2)3/h13-14H,5-12H2,1-4H3. The van der Waals surface area contributed by atoms with Gasteiger partial charge in [-0.05, 0) is 42.4 Å². The average Bonchev–Trinajstić information content (AvgIpc) is 2.72. The Bertz CT molecular complexity index is 353. The molecule has 2 fully saturated rings. The SMILES string of the molecule is CCCCOC(=O)CCSC1CC2CCC1(C)C2(C)C. The van der Waals surface area contributed by atoms with Crippen LogP contribution in [-0.2, 0) is 9.53 Å². The fraction of sp³-hybridized carbons (Fsp3) is 0.941. The molecule has 0 aromatic rings. The van der Waals surface area contributed by atoms with Gasteiger partial charge in [-0.1, -0.05) is 34.1 Å². The molecule has 0 aromatic heterocycles. The van der Waals surface area contributed by atoms with Gasteiger partial charge >= 0.3 is 5.97 Å². The second-order valence-corrected chi connectivity index (χ2v) is 8.60. The third-order valence-electron chi connectivity index (χ3n) is 6.10. The number of rotatable bonds is 7. The van der Waals surface area contributed by atoms with Crippen LogP contribution >= 0.6 is 11.8 Å². The van der Waals surface area contributed by atoms with Crippen LogP contribution in [0.25, 0.3) is 0 Å². The summed E-state index contributed by atoms with van der Waals surface area (Å²) in [4.78, 5) is 11.6. The van der Waals surface area contributed by atoms with Gasteiger partial charge in [0.1, 0.15) is 0 Å². The van der Waals surface area contributed by atoms with Gasteiger partial charge in [-0.3, -0.25) is 4.79 Å². The number of unbranched alkanes of at least 4 members (excludes halogenated alkanes) is 1. The summed E-state index contributed by atoms with van der Waals surface area (Å²) in [6, 6.07) is 0. The lowest BCUT2D eigenvalue weighted by molar-refractivity contribution is -0.143. The van der Waals surface area contributed by atoms with Gasteiger partial charge in [0.15, 0.2) is 0 Å². The molecule has 2 nitrogen and oxygen atoms in total. The first kappa shape index (κ1) is 16.2. The molecule has 3 heteroatoms. The summed E-state index contributed by atoms with van der Waals surface area (Å²) in [5.74, 6) is 1.80. The molecular weight excluding hydrogens is 268 g/mol. The largest absolute Gasteiger partial charge is 0.466 e. The number of hydrogen-bond donors (Lipinski definition) is 0. The second kappa shape index (κ2) is 6.29. The Hall–Kier alpha value is -0.180. The van der Waals surface area contributed by atoms with E-state index in [2.05, 4.69) is 27.7 Å². The highest BCUT2D eigenvalue weighted by Crippen LogP contribution is 2.68. The number of carbonyl (C=O) groups excluding carboxylic acids is 1. The van der Waals surface area contributed by atoms with Crippen LogP contribution in [-0.4, -0.2) is 23.6 Å². The molecule has 0 aliphatic heterocycles. The Labute approximate surface area is 128 Å². The molecule has 0 heterocycles. The van der Waals surface area contributed by atoms with Gasteiger partial charge in [-0.15, -0.1) is 0 Å². The minimum Gasteiger partial charge on any atom is -0.466 e. The van der Waals surface area contributed by atoms with Crippen molar-refractivity contribution in [1.82, 2.24) is 0 Å². The zero-order chi connectivity index (χ0) is 14.8. The van der Waals surface area contributed by atoms with Gasteiger partial charge < -0.3 is 4.74 Å². The first-order chi connectivity index (χ1) is 9.41. The molecule has 0 aromatic carbocycles. The van der Waals surface area contributed by atoms with Crippen LogP contribution in [0.1, 0.15) is 66.2 Å². The van der Waals surface area contributed by atoms with E-state index in [-0.39, 0.29) is 5.97 Å². The summed E-state index contributed by atoms with van der Waals surface area (Å²) in [7, 11) is 0. The zero-order valence-corrected chi connectivity index (χ0v) is 14.4. The van der Waals surface area contributed by atoms with Crippen LogP contribution in [0.15, 0.2) is 0 Å². The molecule has 0 spiro atoms. The predicted molar refractivity (Wildman–Crippen MR) is 86.0 cm³/mol. The first-order valence-corrected chi connectivity index (χ1v) is 9.24. The Kier molecular flexibility index (Phi) is 5.09. The molecule has 116 valence electrons. The first-order valence-electron chi connectivity index (χ1n) is 8.19. The molecule has 0 amide bonds. The number of thioether (sulfide) groups is 1. The minimum absolute atomic E-state index is 0.0153. The van der Waals surface area contributed by atoms with Crippen molar-refractivity contribution in [2.45, 2.75) is 71.5 Å². The van der Waals surface area contributed by atoms with Crippen LogP contribution in [0.3, 0.4) is 0 Å². The lowest BCUT2D eigenvalue weighted by Gasteiger charge is -2.39. The van der Waals surface area contributed by atoms with Gasteiger partial charge in [-0.2, -0.15) is 11.8 Å². The number of hydrogen-bond acceptors (Lipinski definition) is 3. The molecule has 0 saturated heterocycles. The van der Waals surface area contributed by atoms with Crippen molar-refractivity contribution >= 4 is 17.7 Å². The third-order valence-corrected chi connectivity index (χ3v) is 7.65. The molecule has 2 aliphatic rings. The van der Waals surface area contributed by atoms with Gasteiger partial charge in [0.05, 0.1) is 13.0 Å². The highest BCUT2D eigenvalue weighted by atomic mass is 32.2. The summed E-state index contributed by atoms with van der Waals surface area (Å²) in [5, 5.41) is 0.736. The van der Waals surface area contributed by atoms with Crippen LogP contribution in [0, 0.1) is 16.7 Å². The van der Waals surface area contributed by atoms with Crippen LogP contribution in [0.2, 0.25) is 0 Å². The fourth-order valence-corrected chi connectivity index (χ4v) is 5.80. The van der Waals surface area contributed by atoms with E-state index < -0.39 is 0 Å². The van der Waals surface area contributed by atoms with E-state index in [0.717, 1.165) is 29.8 Å². The molecule has 2 saturated carbocycles. The molecular formula is C17H30O2S. The minimum atomic E-state index is -0.0153. The van der Waals surface area contributed by atoms with E-state index in [4.69, 9.17) is 4.74 Å². The van der Waals surface area contributed by atoms with Crippen molar-refractivity contribution in [2.24, 2.45) is 16.7 Å². The van der Waals surface area contributed by atoms with Crippen LogP contribution in [0.4, 0.5) is 0 Å². The molecule has 3 atom stereocenters. The molecule has 0 N–H and O–H groups in total. The zero-order valence-electron chi connectivity index (χ0n) is 13.5. The summed E-state index contributed by atoms with van der Waals surface area (Å²) >= 11 is 2.01. The number of ether oxygens (including phenoxy) is 1. The van der Waals surface area contributed by atoms with Crippen LogP contribution in [0.5, 0.6) is 0 Å². The number of fused-ring (bicyclic) bond motifs is 2. The van der Waals surface area contributed by atoms with E-state index in [9.17, 15) is 4.79 Å². The fourth-order valence-electron chi connectivity index (χ4n) is 4.07. The Morgan fingerprint density at radius 1 is 1.35 bits per heavy atom. The lowest BCUT2D eigenvalue weighted by atomic mass is 9.71. The van der Waals surface area contributed by atoms with Crippen molar-refractivity contribution in [3.8, 4) is 0 Å². The van der Waals surface area contributed by atoms with Gasteiger partial charge in [-0.25, -0.2) is 0 Å². The van der Waals surface area contributed by atoms with Crippen molar-refractivity contribution in [3.63, 3.8) is 0 Å². The highest BCUT2D eigenvalue weighted by Gasteiger charge is 2.61. The van der Waals surface area contributed by atoms with E-state index >= 15 is 0 Å². The monoisotopic (exact) mass is 298 g/mol. The lowest BCUT2D eigenvalue weighted by Crippen LogP contribution is -2.34. The Morgan fingerprint density at radius 3 is 2.65 bits per heavy atom. The Balaban J connectivity index is 1.72. The number of carbonyl (C=O) groups is 1. The molecule has 3 unspecified atom stereocenters. The van der Waals surface area contributed by atoms with Crippen molar-refractivity contribution in [1.29, 1.82) is 0 Å². The molecule has 2 aliphatic carbocycles. The van der Waals surface area contributed by atoms with Crippen molar-refractivity contribution in [3.05, 3.63) is 0 Å². The third kappa shape index (κ3) is 2.88.